The smallest absolute Gasteiger partial charge is 0.251 e. The Morgan fingerprint density at radius 1 is 1.33 bits per heavy atom. The Labute approximate surface area is 132 Å². The fourth-order valence-electron chi connectivity index (χ4n) is 2.48. The number of carbonyl (C=O) groups excluding carboxylic acids is 1. The lowest BCUT2D eigenvalue weighted by atomic mass is 10.2. The molecule has 2 aromatic rings. The van der Waals surface area contributed by atoms with E-state index in [1.165, 1.54) is 0 Å². The molecule has 0 bridgehead atoms. The molecule has 0 saturated carbocycles. The Bertz CT molecular complexity index is 698. The van der Waals surface area contributed by atoms with Crippen LogP contribution in [0, 0.1) is 0 Å². The molecule has 1 atom stereocenters. The molecule has 0 spiro atoms. The average Bonchev–Trinajstić information content (AvgIpc) is 3.04. The molecule has 1 aromatic heterocycles. The number of amides is 1. The summed E-state index contributed by atoms with van der Waals surface area (Å²) in [5.74, 6) is 1.56. The molecule has 3 rings (SSSR count). The summed E-state index contributed by atoms with van der Waals surface area (Å²) in [5, 5.41) is 12.0. The number of nitrogens with one attached hydrogen (secondary N) is 1. The van der Waals surface area contributed by atoms with Crippen LogP contribution in [-0.2, 0) is 13.0 Å². The molecule has 21 heavy (non-hydrogen) atoms. The first-order valence-electron chi connectivity index (χ1n) is 6.74. The Morgan fingerprint density at radius 3 is 2.90 bits per heavy atom. The highest BCUT2D eigenvalue weighted by molar-refractivity contribution is 6.42. The zero-order chi connectivity index (χ0) is 15.0. The van der Waals surface area contributed by atoms with Gasteiger partial charge in [-0.05, 0) is 31.5 Å². The van der Waals surface area contributed by atoms with Crippen LogP contribution in [0.2, 0.25) is 10.0 Å². The first-order valence-corrected chi connectivity index (χ1v) is 7.49. The number of aryl methyl sites for hydroxylation is 1. The molecule has 5 nitrogen and oxygen atoms in total. The molecule has 0 fully saturated rings. The summed E-state index contributed by atoms with van der Waals surface area (Å²) in [4.78, 5) is 12.2. The molecule has 1 aliphatic heterocycles. The number of hydrogen-bond acceptors (Lipinski definition) is 3. The van der Waals surface area contributed by atoms with Crippen molar-refractivity contribution in [2.75, 3.05) is 0 Å². The number of nitrogens with zero attached hydrogens (tertiary/aromatic N) is 3. The molecule has 1 N–H and O–H groups in total. The number of aromatic nitrogens is 3. The minimum Gasteiger partial charge on any atom is -0.342 e. The predicted octanol–water partition coefficient (Wildman–Crippen LogP) is 3.02. The van der Waals surface area contributed by atoms with Crippen LogP contribution in [0.25, 0.3) is 0 Å². The fourth-order valence-corrected chi connectivity index (χ4v) is 2.77. The van der Waals surface area contributed by atoms with Gasteiger partial charge < -0.3 is 9.88 Å². The van der Waals surface area contributed by atoms with E-state index in [4.69, 9.17) is 23.2 Å². The Balaban J connectivity index is 1.76. The van der Waals surface area contributed by atoms with E-state index in [1.54, 1.807) is 18.2 Å². The molecule has 1 aromatic carbocycles. The van der Waals surface area contributed by atoms with E-state index in [2.05, 4.69) is 20.1 Å². The maximum absolute atomic E-state index is 12.2. The third-order valence-electron chi connectivity index (χ3n) is 3.55. The quantitative estimate of drug-likeness (QED) is 0.944. The first kappa shape index (κ1) is 14.4. The van der Waals surface area contributed by atoms with E-state index in [0.717, 1.165) is 31.0 Å². The van der Waals surface area contributed by atoms with Crippen LogP contribution >= 0.6 is 23.2 Å². The largest absolute Gasteiger partial charge is 0.342 e. The summed E-state index contributed by atoms with van der Waals surface area (Å²) in [6.45, 7) is 2.80. The molecule has 0 aliphatic carbocycles. The van der Waals surface area contributed by atoms with Gasteiger partial charge >= 0.3 is 0 Å². The van der Waals surface area contributed by atoms with Gasteiger partial charge in [-0.3, -0.25) is 4.79 Å². The third kappa shape index (κ3) is 2.76. The van der Waals surface area contributed by atoms with Gasteiger partial charge in [0.1, 0.15) is 5.82 Å². The number of benzene rings is 1. The summed E-state index contributed by atoms with van der Waals surface area (Å²) < 4.78 is 2.07. The lowest BCUT2D eigenvalue weighted by Crippen LogP contribution is -2.28. The second-order valence-electron chi connectivity index (χ2n) is 5.05. The molecule has 0 unspecified atom stereocenters. The third-order valence-corrected chi connectivity index (χ3v) is 4.29. The van der Waals surface area contributed by atoms with E-state index in [-0.39, 0.29) is 11.9 Å². The average molecular weight is 325 g/mol. The van der Waals surface area contributed by atoms with Crippen molar-refractivity contribution in [1.82, 2.24) is 20.1 Å². The lowest BCUT2D eigenvalue weighted by Gasteiger charge is -2.14. The van der Waals surface area contributed by atoms with E-state index in [1.807, 2.05) is 6.92 Å². The molecule has 0 saturated heterocycles. The molecular weight excluding hydrogens is 311 g/mol. The highest BCUT2D eigenvalue weighted by Gasteiger charge is 2.22. The van der Waals surface area contributed by atoms with Gasteiger partial charge in [-0.1, -0.05) is 23.2 Å². The van der Waals surface area contributed by atoms with Gasteiger partial charge in [-0.15, -0.1) is 10.2 Å². The van der Waals surface area contributed by atoms with Gasteiger partial charge in [0.15, 0.2) is 5.82 Å². The Kier molecular flexibility index (Phi) is 3.87. The monoisotopic (exact) mass is 324 g/mol. The van der Waals surface area contributed by atoms with Crippen molar-refractivity contribution >= 4 is 29.1 Å². The van der Waals surface area contributed by atoms with Crippen LogP contribution in [0.1, 0.15) is 41.4 Å². The first-order chi connectivity index (χ1) is 10.1. The Hall–Kier alpha value is -1.59. The number of rotatable bonds is 3. The maximum Gasteiger partial charge on any atom is 0.251 e. The van der Waals surface area contributed by atoms with Gasteiger partial charge in [0, 0.05) is 18.5 Å². The highest BCUT2D eigenvalue weighted by Crippen LogP contribution is 2.23. The van der Waals surface area contributed by atoms with Crippen LogP contribution < -0.4 is 5.32 Å². The van der Waals surface area contributed by atoms with Gasteiger partial charge in [-0.25, -0.2) is 0 Å². The van der Waals surface area contributed by atoms with Crippen molar-refractivity contribution in [3.05, 3.63) is 45.5 Å². The minimum absolute atomic E-state index is 0.212. The van der Waals surface area contributed by atoms with E-state index in [0.29, 0.717) is 15.6 Å². The topological polar surface area (TPSA) is 59.8 Å². The maximum atomic E-state index is 12.2. The molecule has 2 heterocycles. The Morgan fingerprint density at radius 2 is 2.14 bits per heavy atom. The van der Waals surface area contributed by atoms with Gasteiger partial charge in [0.05, 0.1) is 16.1 Å². The van der Waals surface area contributed by atoms with Gasteiger partial charge in [0.25, 0.3) is 5.91 Å². The normalized spacial score (nSPS) is 14.8. The molecule has 1 amide bonds. The van der Waals surface area contributed by atoms with Crippen molar-refractivity contribution in [3.8, 4) is 0 Å². The van der Waals surface area contributed by atoms with Crippen LogP contribution in [0.3, 0.4) is 0 Å². The summed E-state index contributed by atoms with van der Waals surface area (Å²) in [6, 6.07) is 4.59. The molecule has 110 valence electrons. The van der Waals surface area contributed by atoms with Crippen molar-refractivity contribution in [2.24, 2.45) is 0 Å². The number of hydrogen-bond donors (Lipinski definition) is 1. The van der Waals surface area contributed by atoms with Crippen molar-refractivity contribution < 1.29 is 4.79 Å². The summed E-state index contributed by atoms with van der Waals surface area (Å²) in [5.41, 5.74) is 0.470. The van der Waals surface area contributed by atoms with Crippen LogP contribution in [0.5, 0.6) is 0 Å². The van der Waals surface area contributed by atoms with Crippen molar-refractivity contribution in [2.45, 2.75) is 32.4 Å². The highest BCUT2D eigenvalue weighted by atomic mass is 35.5. The van der Waals surface area contributed by atoms with Crippen LogP contribution in [0.4, 0.5) is 0 Å². The summed E-state index contributed by atoms with van der Waals surface area (Å²) in [7, 11) is 0. The minimum atomic E-state index is -0.216. The van der Waals surface area contributed by atoms with Crippen LogP contribution in [-0.4, -0.2) is 20.7 Å². The van der Waals surface area contributed by atoms with Gasteiger partial charge in [-0.2, -0.15) is 0 Å². The van der Waals surface area contributed by atoms with Gasteiger partial charge in [0.2, 0.25) is 0 Å². The predicted molar refractivity (Wildman–Crippen MR) is 80.7 cm³/mol. The van der Waals surface area contributed by atoms with E-state index >= 15 is 0 Å². The molecular formula is C14H14Cl2N4O. The number of halogens is 2. The standard InChI is InChI=1S/C14H14Cl2N4O/c1-8(13-19-18-12-3-2-6-20(12)13)17-14(21)9-4-5-10(15)11(16)7-9/h4-5,7-8H,2-3,6H2,1H3,(H,17,21)/t8-/m1/s1. The lowest BCUT2D eigenvalue weighted by molar-refractivity contribution is 0.0937. The second kappa shape index (κ2) is 5.66. The summed E-state index contributed by atoms with van der Waals surface area (Å²) in [6.07, 6.45) is 2.02. The van der Waals surface area contributed by atoms with Crippen molar-refractivity contribution in [3.63, 3.8) is 0 Å². The van der Waals surface area contributed by atoms with E-state index in [9.17, 15) is 4.79 Å². The SMILES string of the molecule is C[C@@H](NC(=O)c1ccc(Cl)c(Cl)c1)c1nnc2n1CCC2. The molecule has 0 radical (unpaired) electrons. The molecule has 1 aliphatic rings. The number of fused-ring (bicyclic) bond motifs is 1. The zero-order valence-electron chi connectivity index (χ0n) is 11.4. The fraction of sp³-hybridized carbons (Fsp3) is 0.357. The molecule has 7 heteroatoms. The van der Waals surface area contributed by atoms with Crippen molar-refractivity contribution in [1.29, 1.82) is 0 Å². The van der Waals surface area contributed by atoms with Crippen LogP contribution in [0.15, 0.2) is 18.2 Å². The second-order valence-corrected chi connectivity index (χ2v) is 5.87. The zero-order valence-corrected chi connectivity index (χ0v) is 12.9. The number of carbonyl (C=O) groups is 1. The van der Waals surface area contributed by atoms with E-state index < -0.39 is 0 Å². The summed E-state index contributed by atoms with van der Waals surface area (Å²) >= 11 is 11.8.